The number of carbonyl (C=O) groups is 2. The molecule has 2 aliphatic rings. The summed E-state index contributed by atoms with van der Waals surface area (Å²) in [5, 5.41) is 17.7. The Kier molecular flexibility index (Phi) is 5.51. The maximum absolute atomic E-state index is 12.8. The molecule has 4 N–H and O–H groups in total. The minimum absolute atomic E-state index is 0.0202. The van der Waals surface area contributed by atoms with E-state index in [9.17, 15) is 9.59 Å². The van der Waals surface area contributed by atoms with Crippen molar-refractivity contribution in [2.75, 3.05) is 17.7 Å². The molecule has 1 fully saturated rings. The van der Waals surface area contributed by atoms with Crippen molar-refractivity contribution in [1.29, 1.82) is 0 Å². The summed E-state index contributed by atoms with van der Waals surface area (Å²) < 4.78 is 7.15. The lowest BCUT2D eigenvalue weighted by Crippen LogP contribution is -2.18. The van der Waals surface area contributed by atoms with Crippen LogP contribution in [0.3, 0.4) is 0 Å². The highest BCUT2D eigenvalue weighted by Gasteiger charge is 2.44. The van der Waals surface area contributed by atoms with Crippen molar-refractivity contribution in [3.05, 3.63) is 59.8 Å². The summed E-state index contributed by atoms with van der Waals surface area (Å²) in [6.45, 7) is 1.87. The Morgan fingerprint density at radius 3 is 2.71 bits per heavy atom. The van der Waals surface area contributed by atoms with Gasteiger partial charge in [-0.25, -0.2) is 19.8 Å². The molecule has 1 amide bonds. The summed E-state index contributed by atoms with van der Waals surface area (Å²) in [6.07, 6.45) is 7.75. The van der Waals surface area contributed by atoms with Crippen molar-refractivity contribution in [2.45, 2.75) is 25.3 Å². The molecule has 0 unspecified atom stereocenters. The number of anilines is 2. The second-order valence-electron chi connectivity index (χ2n) is 9.55. The number of fused-ring (bicyclic) bond motifs is 1. The van der Waals surface area contributed by atoms with Gasteiger partial charge in [0.15, 0.2) is 6.04 Å². The summed E-state index contributed by atoms with van der Waals surface area (Å²) in [5.41, 5.74) is 9.94. The smallest absolute Gasteiger partial charge is 0.332 e. The second-order valence-corrected chi connectivity index (χ2v) is 9.55. The Morgan fingerprint density at radius 1 is 1.16 bits per heavy atom. The molecule has 5 heterocycles. The number of aromatic nitrogens is 5. The maximum Gasteiger partial charge on any atom is 0.332 e. The van der Waals surface area contributed by atoms with Crippen LogP contribution in [0.15, 0.2) is 48.0 Å². The van der Waals surface area contributed by atoms with E-state index in [2.05, 4.69) is 30.4 Å². The largest absolute Gasteiger partial charge is 0.480 e. The van der Waals surface area contributed by atoms with E-state index in [1.165, 1.54) is 0 Å². The topological polar surface area (TPSA) is 170 Å². The fourth-order valence-electron chi connectivity index (χ4n) is 4.67. The minimum atomic E-state index is -1.04. The minimum Gasteiger partial charge on any atom is -0.480 e. The fourth-order valence-corrected chi connectivity index (χ4v) is 4.67. The number of carboxylic acid groups (broad SMARTS) is 1. The number of aliphatic carboxylic acids is 1. The second kappa shape index (κ2) is 8.91. The lowest BCUT2D eigenvalue weighted by atomic mass is 10.0. The van der Waals surface area contributed by atoms with Gasteiger partial charge in [0.25, 0.3) is 0 Å². The van der Waals surface area contributed by atoms with Crippen molar-refractivity contribution in [3.8, 4) is 11.3 Å². The van der Waals surface area contributed by atoms with Gasteiger partial charge < -0.3 is 20.9 Å². The third-order valence-corrected chi connectivity index (χ3v) is 6.82. The number of carbonyl (C=O) groups excluding carboxylic acids is 1. The first-order chi connectivity index (χ1) is 18.3. The first-order valence-corrected chi connectivity index (χ1v) is 12.0. The lowest BCUT2D eigenvalue weighted by molar-refractivity contribution is -0.138. The summed E-state index contributed by atoms with van der Waals surface area (Å²) in [7, 11) is 1.86. The Balaban J connectivity index is 1.24. The standard InChI is InChI=1S/C26H24N8O4/c1-12-3-20(25-32-21(11-38-25)26(36)37)28-8-17(12)19-4-13-5-22(29-9-18(13)23(27)31-19)33-24(35)16-6-15(16)14-7-30-34(2)10-14/h3-5,7-10,15-16,21H,6,11H2,1-2H3,(H2,27,31)(H,36,37)(H,29,33,35)/t15-,16+,21+/m1/s1. The van der Waals surface area contributed by atoms with Gasteiger partial charge in [0.1, 0.15) is 23.9 Å². The van der Waals surface area contributed by atoms with Crippen molar-refractivity contribution in [1.82, 2.24) is 24.7 Å². The van der Waals surface area contributed by atoms with Gasteiger partial charge in [-0.2, -0.15) is 5.10 Å². The monoisotopic (exact) mass is 512 g/mol. The average molecular weight is 513 g/mol. The average Bonchev–Trinajstić information content (AvgIpc) is 3.30. The van der Waals surface area contributed by atoms with Gasteiger partial charge in [0, 0.05) is 42.5 Å². The summed E-state index contributed by atoms with van der Waals surface area (Å²) in [4.78, 5) is 41.4. The molecule has 12 nitrogen and oxygen atoms in total. The number of nitrogens with two attached hydrogens (primary N) is 1. The summed E-state index contributed by atoms with van der Waals surface area (Å²) >= 11 is 0. The van der Waals surface area contributed by atoms with Crippen LogP contribution in [-0.4, -0.2) is 60.3 Å². The van der Waals surface area contributed by atoms with Crippen LogP contribution in [0.25, 0.3) is 22.0 Å². The lowest BCUT2D eigenvalue weighted by Gasteiger charge is -2.11. The highest BCUT2D eigenvalue weighted by molar-refractivity contribution is 5.99. The predicted molar refractivity (Wildman–Crippen MR) is 139 cm³/mol. The van der Waals surface area contributed by atoms with E-state index in [-0.39, 0.29) is 30.2 Å². The number of ether oxygens (including phenoxy) is 1. The molecule has 38 heavy (non-hydrogen) atoms. The number of aryl methyl sites for hydroxylation is 2. The molecule has 4 aromatic heterocycles. The third-order valence-electron chi connectivity index (χ3n) is 6.82. The van der Waals surface area contributed by atoms with Crippen LogP contribution in [0.4, 0.5) is 11.6 Å². The number of nitrogens with zero attached hydrogens (tertiary/aromatic N) is 6. The molecule has 6 rings (SSSR count). The Bertz CT molecular complexity index is 1650. The molecule has 192 valence electrons. The SMILES string of the molecule is Cc1cc(C2=N[C@H](C(=O)O)CO2)ncc1-c1cc2cc(NC(=O)[C@H]3C[C@@H]3c3cnn(C)c3)ncc2c(N)n1. The molecule has 3 atom stereocenters. The normalized spacial score (nSPS) is 20.2. The zero-order valence-corrected chi connectivity index (χ0v) is 20.6. The summed E-state index contributed by atoms with van der Waals surface area (Å²) in [6, 6.07) is 4.48. The number of amides is 1. The molecule has 0 saturated heterocycles. The van der Waals surface area contributed by atoms with Crippen molar-refractivity contribution in [3.63, 3.8) is 0 Å². The zero-order chi connectivity index (χ0) is 26.6. The number of aliphatic imine (C=N–C) groups is 1. The molecule has 0 spiro atoms. The van der Waals surface area contributed by atoms with Gasteiger partial charge in [-0.15, -0.1) is 0 Å². The van der Waals surface area contributed by atoms with E-state index in [0.717, 1.165) is 28.5 Å². The number of hydrogen-bond acceptors (Lipinski definition) is 9. The van der Waals surface area contributed by atoms with Gasteiger partial charge in [0.2, 0.25) is 11.8 Å². The molecule has 0 aromatic carbocycles. The van der Waals surface area contributed by atoms with Crippen molar-refractivity contribution >= 4 is 40.2 Å². The number of rotatable bonds is 6. The van der Waals surface area contributed by atoms with Gasteiger partial charge in [0.05, 0.1) is 11.9 Å². The van der Waals surface area contributed by atoms with E-state index in [4.69, 9.17) is 15.6 Å². The van der Waals surface area contributed by atoms with Gasteiger partial charge in [-0.3, -0.25) is 14.5 Å². The Hall–Kier alpha value is -4.87. The zero-order valence-electron chi connectivity index (χ0n) is 20.6. The van der Waals surface area contributed by atoms with Crippen LogP contribution in [0.1, 0.15) is 29.2 Å². The number of pyridine rings is 3. The molecular weight excluding hydrogens is 488 g/mol. The van der Waals surface area contributed by atoms with E-state index in [1.54, 1.807) is 35.4 Å². The van der Waals surface area contributed by atoms with E-state index < -0.39 is 12.0 Å². The molecular formula is C26H24N8O4. The molecule has 0 radical (unpaired) electrons. The highest BCUT2D eigenvalue weighted by Crippen LogP contribution is 2.47. The Morgan fingerprint density at radius 2 is 2.00 bits per heavy atom. The van der Waals surface area contributed by atoms with Gasteiger partial charge in [-0.1, -0.05) is 0 Å². The van der Waals surface area contributed by atoms with Crippen LogP contribution in [0, 0.1) is 12.8 Å². The molecule has 4 aromatic rings. The first-order valence-electron chi connectivity index (χ1n) is 12.0. The van der Waals surface area contributed by atoms with Crippen LogP contribution in [0.2, 0.25) is 0 Å². The number of carboxylic acids is 1. The fraction of sp³-hybridized carbons (Fsp3) is 0.269. The highest BCUT2D eigenvalue weighted by atomic mass is 16.5. The Labute approximate surface area is 216 Å². The van der Waals surface area contributed by atoms with E-state index >= 15 is 0 Å². The predicted octanol–water partition coefficient (Wildman–Crippen LogP) is 2.29. The van der Waals surface area contributed by atoms with Gasteiger partial charge in [-0.05, 0) is 54.0 Å². The van der Waals surface area contributed by atoms with Crippen LogP contribution < -0.4 is 11.1 Å². The quantitative estimate of drug-likeness (QED) is 0.351. The van der Waals surface area contributed by atoms with Crippen LogP contribution in [-0.2, 0) is 21.4 Å². The molecule has 1 aliphatic heterocycles. The summed E-state index contributed by atoms with van der Waals surface area (Å²) in [5.74, 6) is -0.120. The van der Waals surface area contributed by atoms with Gasteiger partial charge >= 0.3 is 5.97 Å². The van der Waals surface area contributed by atoms with Crippen molar-refractivity contribution < 1.29 is 19.4 Å². The van der Waals surface area contributed by atoms with E-state index in [0.29, 0.717) is 28.4 Å². The number of nitrogen functional groups attached to an aromatic ring is 1. The van der Waals surface area contributed by atoms with Crippen LogP contribution in [0.5, 0.6) is 0 Å². The van der Waals surface area contributed by atoms with Crippen molar-refractivity contribution in [2.24, 2.45) is 18.0 Å². The first kappa shape index (κ1) is 23.5. The maximum atomic E-state index is 12.8. The van der Waals surface area contributed by atoms with E-state index in [1.807, 2.05) is 26.2 Å². The molecule has 12 heteroatoms. The molecule has 1 aliphatic carbocycles. The van der Waals surface area contributed by atoms with Crippen LogP contribution >= 0.6 is 0 Å². The molecule has 0 bridgehead atoms. The number of nitrogens with one attached hydrogen (secondary N) is 1. The molecule has 1 saturated carbocycles. The number of hydrogen-bond donors (Lipinski definition) is 3. The third kappa shape index (κ3) is 4.29.